The number of fused-ring (bicyclic) bond motifs is 3. The monoisotopic (exact) mass is 435 g/mol. The standard InChI is InChI=1S/C29H30BNO2/c1-21-14-8-6-9-15-22(30-32-28(2,3)29(4,5)33-30)20-26-27(21)24-18-12-13-19-25(24)31(26)23-16-10-7-11-17-23/h6-14,16-20H,1,15H2,2-5H3/b9-6-,14-8-,22-20+. The average molecular weight is 435 g/mol. The minimum Gasteiger partial charge on any atom is -0.400 e. The predicted molar refractivity (Wildman–Crippen MR) is 139 cm³/mol. The molecule has 1 aromatic heterocycles. The van der Waals surface area contributed by atoms with Crippen LogP contribution in [0.4, 0.5) is 0 Å². The van der Waals surface area contributed by atoms with Crippen molar-refractivity contribution in [3.05, 3.63) is 102 Å². The second-order valence-electron chi connectivity index (χ2n) is 9.77. The Morgan fingerprint density at radius 2 is 1.55 bits per heavy atom. The van der Waals surface area contributed by atoms with E-state index in [1.807, 2.05) is 6.07 Å². The van der Waals surface area contributed by atoms with Gasteiger partial charge in [0.2, 0.25) is 0 Å². The van der Waals surface area contributed by atoms with Crippen molar-refractivity contribution in [2.24, 2.45) is 0 Å². The van der Waals surface area contributed by atoms with Crippen molar-refractivity contribution in [1.82, 2.24) is 4.57 Å². The SMILES string of the molecule is C=C1/C=C\C=C/C/C(B2OC(C)(C)C(C)(C)O2)=C\c2c1c1ccccc1n2-c1ccccc1. The lowest BCUT2D eigenvalue weighted by Gasteiger charge is -2.32. The number of hydrogen-bond acceptors (Lipinski definition) is 2. The lowest BCUT2D eigenvalue weighted by molar-refractivity contribution is 0.00578. The topological polar surface area (TPSA) is 23.4 Å². The number of aromatic nitrogens is 1. The number of rotatable bonds is 2. The summed E-state index contributed by atoms with van der Waals surface area (Å²) in [6.45, 7) is 12.8. The van der Waals surface area contributed by atoms with Crippen LogP contribution in [-0.4, -0.2) is 22.9 Å². The Morgan fingerprint density at radius 3 is 2.27 bits per heavy atom. The van der Waals surface area contributed by atoms with Gasteiger partial charge in [-0.1, -0.05) is 67.3 Å². The fourth-order valence-corrected chi connectivity index (χ4v) is 4.52. The molecule has 3 aromatic rings. The molecule has 2 aromatic carbocycles. The van der Waals surface area contributed by atoms with Crippen LogP contribution in [0, 0.1) is 0 Å². The molecule has 5 rings (SSSR count). The van der Waals surface area contributed by atoms with E-state index >= 15 is 0 Å². The number of nitrogens with zero attached hydrogens (tertiary/aromatic N) is 1. The van der Waals surface area contributed by atoms with E-state index in [4.69, 9.17) is 9.31 Å². The molecule has 4 heteroatoms. The van der Waals surface area contributed by atoms with Gasteiger partial charge in [0, 0.05) is 16.6 Å². The molecule has 0 bridgehead atoms. The molecule has 0 amide bonds. The molecule has 0 N–H and O–H groups in total. The molecule has 0 radical (unpaired) electrons. The van der Waals surface area contributed by atoms with E-state index in [9.17, 15) is 0 Å². The molecule has 166 valence electrons. The maximum Gasteiger partial charge on any atom is 0.490 e. The first-order chi connectivity index (χ1) is 15.8. The quantitative estimate of drug-likeness (QED) is 0.398. The normalized spacial score (nSPS) is 23.1. The molecular formula is C29H30BNO2. The molecular weight excluding hydrogens is 405 g/mol. The van der Waals surface area contributed by atoms with Gasteiger partial charge in [0.1, 0.15) is 0 Å². The van der Waals surface area contributed by atoms with Crippen molar-refractivity contribution in [2.75, 3.05) is 0 Å². The highest BCUT2D eigenvalue weighted by molar-refractivity contribution is 6.55. The molecule has 0 unspecified atom stereocenters. The summed E-state index contributed by atoms with van der Waals surface area (Å²) in [7, 11) is -0.411. The Labute approximate surface area is 196 Å². The summed E-state index contributed by atoms with van der Waals surface area (Å²) in [5.41, 5.74) is 5.78. The van der Waals surface area contributed by atoms with Crippen LogP contribution in [0.2, 0.25) is 0 Å². The van der Waals surface area contributed by atoms with Crippen molar-refractivity contribution in [3.63, 3.8) is 0 Å². The first kappa shape index (κ1) is 21.8. The zero-order chi connectivity index (χ0) is 23.2. The van der Waals surface area contributed by atoms with Crippen LogP contribution in [-0.2, 0) is 9.31 Å². The highest BCUT2D eigenvalue weighted by Crippen LogP contribution is 2.41. The number of hydrogen-bond donors (Lipinski definition) is 0. The zero-order valence-electron chi connectivity index (χ0n) is 19.8. The van der Waals surface area contributed by atoms with Gasteiger partial charge in [0.25, 0.3) is 0 Å². The van der Waals surface area contributed by atoms with Gasteiger partial charge in [-0.05, 0) is 69.4 Å². The van der Waals surface area contributed by atoms with Crippen LogP contribution >= 0.6 is 0 Å². The third-order valence-corrected chi connectivity index (χ3v) is 7.02. The van der Waals surface area contributed by atoms with Crippen molar-refractivity contribution >= 4 is 29.7 Å². The van der Waals surface area contributed by atoms with E-state index in [1.165, 1.54) is 5.39 Å². The molecule has 1 fully saturated rings. The van der Waals surface area contributed by atoms with Crippen LogP contribution < -0.4 is 0 Å². The molecule has 1 aliphatic carbocycles. The number of benzene rings is 2. The Hall–Kier alpha value is -3.08. The molecule has 2 aliphatic rings. The van der Waals surface area contributed by atoms with Crippen LogP contribution in [0.25, 0.3) is 28.2 Å². The van der Waals surface area contributed by atoms with Gasteiger partial charge >= 0.3 is 7.12 Å². The van der Waals surface area contributed by atoms with Crippen molar-refractivity contribution in [2.45, 2.75) is 45.3 Å². The van der Waals surface area contributed by atoms with E-state index in [2.05, 4.69) is 118 Å². The summed E-state index contributed by atoms with van der Waals surface area (Å²) in [4.78, 5) is 0. The molecule has 1 saturated heterocycles. The Morgan fingerprint density at radius 1 is 0.879 bits per heavy atom. The number of allylic oxidation sites excluding steroid dienone is 6. The van der Waals surface area contributed by atoms with Crippen LogP contribution in [0.15, 0.2) is 91.0 Å². The smallest absolute Gasteiger partial charge is 0.400 e. The lowest BCUT2D eigenvalue weighted by Crippen LogP contribution is -2.41. The van der Waals surface area contributed by atoms with Gasteiger partial charge in [-0.15, -0.1) is 0 Å². The second kappa shape index (κ2) is 8.05. The van der Waals surface area contributed by atoms with Crippen molar-refractivity contribution in [1.29, 1.82) is 0 Å². The molecule has 0 spiro atoms. The Balaban J connectivity index is 1.79. The second-order valence-corrected chi connectivity index (χ2v) is 9.77. The largest absolute Gasteiger partial charge is 0.490 e. The lowest BCUT2D eigenvalue weighted by atomic mass is 9.75. The van der Waals surface area contributed by atoms with Crippen molar-refractivity contribution < 1.29 is 9.31 Å². The summed E-state index contributed by atoms with van der Waals surface area (Å²) < 4.78 is 15.2. The fourth-order valence-electron chi connectivity index (χ4n) is 4.52. The molecule has 0 atom stereocenters. The molecule has 3 nitrogen and oxygen atoms in total. The highest BCUT2D eigenvalue weighted by atomic mass is 16.7. The van der Waals surface area contributed by atoms with Crippen LogP contribution in [0.1, 0.15) is 45.4 Å². The van der Waals surface area contributed by atoms with Crippen LogP contribution in [0.3, 0.4) is 0 Å². The van der Waals surface area contributed by atoms with E-state index in [0.717, 1.165) is 39.9 Å². The van der Waals surface area contributed by atoms with E-state index < -0.39 is 18.3 Å². The molecule has 0 saturated carbocycles. The maximum absolute atomic E-state index is 6.46. The van der Waals surface area contributed by atoms with Gasteiger partial charge < -0.3 is 13.9 Å². The average Bonchev–Trinajstić information content (AvgIpc) is 3.22. The first-order valence-electron chi connectivity index (χ1n) is 11.6. The minimum absolute atomic E-state index is 0.393. The molecule has 33 heavy (non-hydrogen) atoms. The minimum atomic E-state index is -0.411. The van der Waals surface area contributed by atoms with Crippen molar-refractivity contribution in [3.8, 4) is 5.69 Å². The number of para-hydroxylation sites is 2. The Bertz CT molecular complexity index is 1290. The highest BCUT2D eigenvalue weighted by Gasteiger charge is 2.52. The third kappa shape index (κ3) is 3.74. The van der Waals surface area contributed by atoms with Crippen LogP contribution in [0.5, 0.6) is 0 Å². The molecule has 1 aliphatic heterocycles. The summed E-state index contributed by atoms with van der Waals surface area (Å²) in [6.07, 6.45) is 11.4. The van der Waals surface area contributed by atoms with Gasteiger partial charge in [-0.25, -0.2) is 0 Å². The van der Waals surface area contributed by atoms with E-state index in [1.54, 1.807) is 0 Å². The summed E-state index contributed by atoms with van der Waals surface area (Å²) in [5.74, 6) is 0. The maximum atomic E-state index is 6.46. The van der Waals surface area contributed by atoms with E-state index in [0.29, 0.717) is 0 Å². The predicted octanol–water partition coefficient (Wildman–Crippen LogP) is 7.17. The van der Waals surface area contributed by atoms with E-state index in [-0.39, 0.29) is 0 Å². The molecule has 2 heterocycles. The van der Waals surface area contributed by atoms with Gasteiger partial charge in [-0.2, -0.15) is 0 Å². The summed E-state index contributed by atoms with van der Waals surface area (Å²) in [6, 6.07) is 19.0. The summed E-state index contributed by atoms with van der Waals surface area (Å²) >= 11 is 0. The van der Waals surface area contributed by atoms with Gasteiger partial charge in [-0.3, -0.25) is 0 Å². The summed E-state index contributed by atoms with van der Waals surface area (Å²) in [5, 5.41) is 1.18. The van der Waals surface area contributed by atoms with Gasteiger partial charge in [0.15, 0.2) is 0 Å². The fraction of sp³-hybridized carbons (Fsp3) is 0.241. The zero-order valence-corrected chi connectivity index (χ0v) is 19.8. The van der Waals surface area contributed by atoms with Gasteiger partial charge in [0.05, 0.1) is 22.4 Å². The third-order valence-electron chi connectivity index (χ3n) is 7.02. The Kier molecular flexibility index (Phi) is 5.31. The first-order valence-corrected chi connectivity index (χ1v) is 11.6.